The molecule has 0 fully saturated rings. The molecule has 17 nitrogen and oxygen atoms in total. The smallest absolute Gasteiger partial charge is 0.298 e. The Morgan fingerprint density at radius 3 is 1.57 bits per heavy atom. The monoisotopic (exact) mass is 797 g/mol. The van der Waals surface area contributed by atoms with Gasteiger partial charge in [0.05, 0.1) is 49.7 Å². The number of nitrogens with one attached hydrogen (secondary N) is 1. The van der Waals surface area contributed by atoms with Crippen LogP contribution in [0.4, 0.5) is 0 Å². The predicted molar refractivity (Wildman–Crippen MR) is 193 cm³/mol. The van der Waals surface area contributed by atoms with Gasteiger partial charge in [-0.25, -0.2) is 9.97 Å². The van der Waals surface area contributed by atoms with E-state index in [-0.39, 0.29) is 39.1 Å². The van der Waals surface area contributed by atoms with Crippen LogP contribution in [0.5, 0.6) is 0 Å². The van der Waals surface area contributed by atoms with Gasteiger partial charge < -0.3 is 10.8 Å². The van der Waals surface area contributed by atoms with Crippen LogP contribution in [0.25, 0.3) is 68.6 Å². The van der Waals surface area contributed by atoms with E-state index >= 15 is 0 Å². The molecule has 0 aliphatic carbocycles. The van der Waals surface area contributed by atoms with E-state index in [1.807, 2.05) is 0 Å². The molecule has 0 radical (unpaired) electrons. The Balaban J connectivity index is 1.83. The number of fused-ring (bicyclic) bond motifs is 8. The molecule has 272 valence electrons. The van der Waals surface area contributed by atoms with Gasteiger partial charge >= 0.3 is 0 Å². The first-order valence-corrected chi connectivity index (χ1v) is 20.5. The minimum atomic E-state index is -5.36. The van der Waals surface area contributed by atoms with Crippen molar-refractivity contribution in [2.75, 3.05) is 5.84 Å². The first kappa shape index (κ1) is 35.9. The number of nitrogen functional groups attached to an aromatic ring is 1. The van der Waals surface area contributed by atoms with E-state index in [9.17, 15) is 51.9 Å². The molecule has 5 aromatic rings. The number of hydrogen-bond donors (Lipinski definition) is 6. The maximum absolute atomic E-state index is 13.4. The topological polar surface area (TPSA) is 290 Å². The number of aromatic amines is 1. The Labute approximate surface area is 300 Å². The van der Waals surface area contributed by atoms with Crippen LogP contribution in [0.15, 0.2) is 92.4 Å². The van der Waals surface area contributed by atoms with E-state index in [1.54, 1.807) is 30.3 Å². The van der Waals surface area contributed by atoms with Crippen LogP contribution in [-0.2, 0) is 40.5 Å². The molecule has 21 heteroatoms. The summed E-state index contributed by atoms with van der Waals surface area (Å²) in [5.41, 5.74) is -1.96. The molecule has 2 aliphatic rings. The number of benzene rings is 2. The second-order valence-electron chi connectivity index (χ2n) is 11.5. The van der Waals surface area contributed by atoms with Crippen molar-refractivity contribution in [2.45, 2.75) is 19.6 Å². The van der Waals surface area contributed by atoms with Crippen LogP contribution in [0.3, 0.4) is 0 Å². The third-order valence-electron chi connectivity index (χ3n) is 8.19. The first-order chi connectivity index (χ1) is 24.7. The molecule has 0 atom stereocenters. The van der Waals surface area contributed by atoms with Gasteiger partial charge in [-0.3, -0.25) is 22.9 Å². The van der Waals surface area contributed by atoms with Crippen LogP contribution in [0.2, 0.25) is 0 Å². The molecule has 7 N–H and O–H groups in total. The van der Waals surface area contributed by atoms with E-state index in [1.165, 1.54) is 30.4 Å². The zero-order valence-electron chi connectivity index (χ0n) is 26.3. The Morgan fingerprint density at radius 2 is 1.04 bits per heavy atom. The van der Waals surface area contributed by atoms with Crippen LogP contribution in [-0.4, -0.2) is 71.5 Å². The second kappa shape index (κ2) is 12.3. The maximum Gasteiger partial charge on any atom is 0.298 e. The molecule has 0 unspecified atom stereocenters. The van der Waals surface area contributed by atoms with Gasteiger partial charge in [0.15, 0.2) is 0 Å². The van der Waals surface area contributed by atoms with E-state index in [2.05, 4.69) is 15.0 Å². The lowest BCUT2D eigenvalue weighted by Crippen LogP contribution is -2.12. The summed E-state index contributed by atoms with van der Waals surface area (Å²) < 4.78 is 144. The van der Waals surface area contributed by atoms with Crippen molar-refractivity contribution in [1.82, 2.24) is 19.6 Å². The predicted octanol–water partition coefficient (Wildman–Crippen LogP) is 4.16. The molecule has 7 rings (SSSR count). The summed E-state index contributed by atoms with van der Waals surface area (Å²) in [5.74, 6) is 6.71. The highest BCUT2D eigenvalue weighted by atomic mass is 32.2. The number of hydrogen-bond acceptors (Lipinski definition) is 11. The third-order valence-corrected chi connectivity index (χ3v) is 11.9. The molecule has 53 heavy (non-hydrogen) atoms. The average molecular weight is 798 g/mol. The Bertz CT molecular complexity index is 3100. The quantitative estimate of drug-likeness (QED) is 0.102. The first-order valence-electron chi connectivity index (χ1n) is 14.8. The van der Waals surface area contributed by atoms with E-state index in [0.717, 1.165) is 41.1 Å². The van der Waals surface area contributed by atoms with E-state index in [4.69, 9.17) is 5.84 Å². The highest BCUT2D eigenvalue weighted by Crippen LogP contribution is 2.44. The maximum atomic E-state index is 13.4. The van der Waals surface area contributed by atoms with Crippen LogP contribution in [0, 0.1) is 0 Å². The van der Waals surface area contributed by atoms with Gasteiger partial charge in [-0.1, -0.05) is 42.5 Å². The minimum Gasteiger partial charge on any atom is -0.353 e. The van der Waals surface area contributed by atoms with Crippen molar-refractivity contribution in [2.24, 2.45) is 0 Å². The molecular formula is C32H23N5O12S4. The van der Waals surface area contributed by atoms with Gasteiger partial charge in [-0.15, -0.1) is 0 Å². The summed E-state index contributed by atoms with van der Waals surface area (Å²) in [7, 11) is -20.3. The molecule has 3 aromatic heterocycles. The molecule has 0 amide bonds. The fourth-order valence-corrected chi connectivity index (χ4v) is 8.99. The number of rotatable bonds is 6. The number of nitrogens with zero attached hydrogens (tertiary/aromatic N) is 3. The molecule has 0 spiro atoms. The van der Waals surface area contributed by atoms with Gasteiger partial charge in [-0.05, 0) is 65.8 Å². The van der Waals surface area contributed by atoms with Gasteiger partial charge in [0.1, 0.15) is 14.7 Å². The van der Waals surface area contributed by atoms with Crippen LogP contribution in [0.1, 0.15) is 22.8 Å². The van der Waals surface area contributed by atoms with Crippen molar-refractivity contribution < 1.29 is 51.9 Å². The Morgan fingerprint density at radius 1 is 0.547 bits per heavy atom. The molecule has 2 aliphatic heterocycles. The Kier molecular flexibility index (Phi) is 8.31. The fourth-order valence-electron chi connectivity index (χ4n) is 6.14. The fraction of sp³-hybridized carbons (Fsp3) is 0. The highest BCUT2D eigenvalue weighted by Gasteiger charge is 2.30. The molecule has 5 heterocycles. The highest BCUT2D eigenvalue weighted by molar-refractivity contribution is 7.86. The van der Waals surface area contributed by atoms with E-state index < -0.39 is 82.5 Å². The summed E-state index contributed by atoms with van der Waals surface area (Å²) >= 11 is 0. The van der Waals surface area contributed by atoms with Gasteiger partial charge in [0.25, 0.3) is 40.5 Å². The lowest BCUT2D eigenvalue weighted by Gasteiger charge is -2.09. The number of nitrogens with two attached hydrogens (primary N) is 1. The molecule has 2 aromatic carbocycles. The van der Waals surface area contributed by atoms with Gasteiger partial charge in [0, 0.05) is 11.1 Å². The summed E-state index contributed by atoms with van der Waals surface area (Å²) in [6, 6.07) is 16.3. The third kappa shape index (κ3) is 6.44. The summed E-state index contributed by atoms with van der Waals surface area (Å²) in [4.78, 5) is 7.88. The molecule has 0 saturated carbocycles. The number of aromatic nitrogens is 4. The molecule has 8 bridgehead atoms. The van der Waals surface area contributed by atoms with Crippen LogP contribution >= 0.6 is 0 Å². The van der Waals surface area contributed by atoms with Crippen molar-refractivity contribution in [3.05, 3.63) is 95.6 Å². The zero-order chi connectivity index (χ0) is 38.2. The van der Waals surface area contributed by atoms with Gasteiger partial charge in [-0.2, -0.15) is 33.7 Å². The largest absolute Gasteiger partial charge is 0.353 e. The van der Waals surface area contributed by atoms with Gasteiger partial charge in [0.2, 0.25) is 0 Å². The summed E-state index contributed by atoms with van der Waals surface area (Å²) in [6.45, 7) is 0. The second-order valence-corrected chi connectivity index (χ2v) is 17.0. The minimum absolute atomic E-state index is 0.00508. The van der Waals surface area contributed by atoms with Crippen molar-refractivity contribution in [3.8, 4) is 22.3 Å². The zero-order valence-corrected chi connectivity index (χ0v) is 29.6. The summed E-state index contributed by atoms with van der Waals surface area (Å²) in [5, 5.41) is 0. The normalized spacial score (nSPS) is 13.4. The standard InChI is InChI=1S/C32H23N5O12S4/c33-37-26-16-19-8-11-21(34-19)30(51(41,42)43)22-12-13-23(35-22)31(52(44,45)46)24-14-15-25(36-24)32(53(47,48)49)29(37)28(27(26)17-4-2-1-3-5-17)18-6-9-20(10-7-18)50(38,39)40/h1-16,35H,33H2,(H,38,39,40)(H,41,42,43)(H,44,45,46)(H,47,48,49). The van der Waals surface area contributed by atoms with Crippen molar-refractivity contribution in [1.29, 1.82) is 0 Å². The molecular weight excluding hydrogens is 775 g/mol. The average Bonchev–Trinajstić information content (AvgIpc) is 3.86. The van der Waals surface area contributed by atoms with Crippen LogP contribution < -0.4 is 5.84 Å². The Hall–Kier alpha value is -5.52. The summed E-state index contributed by atoms with van der Waals surface area (Å²) in [6.07, 6.45) is 4.60. The molecule has 0 saturated heterocycles. The number of H-pyrrole nitrogens is 1. The van der Waals surface area contributed by atoms with E-state index in [0.29, 0.717) is 5.56 Å². The SMILES string of the molecule is Nn1c2cc3nc(c(S(=O)(=O)O)c4ccc([nH]4)c(S(=O)(=O)O)c4nc(c(S(=O)(=O)O)c1c(-c1ccc(S(=O)(=O)O)cc1)c2-c1ccccc1)C=C4)C=C3. The lowest BCUT2D eigenvalue weighted by atomic mass is 9.96. The lowest BCUT2D eigenvalue weighted by molar-refractivity contribution is 0.481. The van der Waals surface area contributed by atoms with Crippen molar-refractivity contribution >= 4 is 86.8 Å². The van der Waals surface area contributed by atoms with Crippen molar-refractivity contribution in [3.63, 3.8) is 0 Å².